The summed E-state index contributed by atoms with van der Waals surface area (Å²) in [6, 6.07) is 6.65. The predicted molar refractivity (Wildman–Crippen MR) is 52.7 cm³/mol. The maximum absolute atomic E-state index is 6.00. The molecule has 64 valence electrons. The molecule has 1 atom stereocenters. The van der Waals surface area contributed by atoms with Crippen LogP contribution < -0.4 is 0 Å². The summed E-state index contributed by atoms with van der Waals surface area (Å²) < 4.78 is 0. The van der Waals surface area contributed by atoms with Gasteiger partial charge in [0.1, 0.15) is 0 Å². The van der Waals surface area contributed by atoms with Crippen LogP contribution in [-0.2, 0) is 12.8 Å². The standard InChI is InChI=1S/C11H13Cl/c1-8(12)10-6-5-9-3-2-4-11(9)7-10/h5-8H,2-4H2,1H3. The molecular formula is C11H13Cl. The van der Waals surface area contributed by atoms with Gasteiger partial charge in [0.15, 0.2) is 0 Å². The molecule has 0 heterocycles. The highest BCUT2D eigenvalue weighted by Gasteiger charge is 2.11. The van der Waals surface area contributed by atoms with Crippen LogP contribution in [-0.4, -0.2) is 0 Å². The van der Waals surface area contributed by atoms with Gasteiger partial charge in [-0.1, -0.05) is 18.2 Å². The van der Waals surface area contributed by atoms with E-state index in [1.54, 1.807) is 0 Å². The summed E-state index contributed by atoms with van der Waals surface area (Å²) in [6.07, 6.45) is 3.81. The minimum atomic E-state index is 0.149. The second-order valence-corrected chi connectivity index (χ2v) is 4.15. The smallest absolute Gasteiger partial charge is 0.0557 e. The van der Waals surface area contributed by atoms with Crippen molar-refractivity contribution in [2.75, 3.05) is 0 Å². The lowest BCUT2D eigenvalue weighted by Crippen LogP contribution is -1.88. The Morgan fingerprint density at radius 3 is 2.75 bits per heavy atom. The van der Waals surface area contributed by atoms with E-state index in [9.17, 15) is 0 Å². The average molecular weight is 181 g/mol. The highest BCUT2D eigenvalue weighted by molar-refractivity contribution is 6.20. The van der Waals surface area contributed by atoms with Crippen LogP contribution in [0.25, 0.3) is 0 Å². The second kappa shape index (κ2) is 3.10. The van der Waals surface area contributed by atoms with E-state index < -0.39 is 0 Å². The molecule has 0 radical (unpaired) electrons. The summed E-state index contributed by atoms with van der Waals surface area (Å²) in [7, 11) is 0. The number of hydrogen-bond acceptors (Lipinski definition) is 0. The number of alkyl halides is 1. The van der Waals surface area contributed by atoms with Crippen LogP contribution in [0.4, 0.5) is 0 Å². The van der Waals surface area contributed by atoms with E-state index in [2.05, 4.69) is 18.2 Å². The van der Waals surface area contributed by atoms with E-state index in [1.807, 2.05) is 6.92 Å². The number of hydrogen-bond donors (Lipinski definition) is 0. The van der Waals surface area contributed by atoms with Gasteiger partial charge in [0.05, 0.1) is 5.38 Å². The summed E-state index contributed by atoms with van der Waals surface area (Å²) in [5, 5.41) is 0.149. The van der Waals surface area contributed by atoms with Crippen molar-refractivity contribution in [1.29, 1.82) is 0 Å². The van der Waals surface area contributed by atoms with Crippen molar-refractivity contribution in [3.8, 4) is 0 Å². The van der Waals surface area contributed by atoms with Gasteiger partial charge >= 0.3 is 0 Å². The SMILES string of the molecule is CC(Cl)c1ccc2c(c1)CCC2. The molecular weight excluding hydrogens is 168 g/mol. The molecule has 0 N–H and O–H groups in total. The number of rotatable bonds is 1. The van der Waals surface area contributed by atoms with Gasteiger partial charge in [-0.3, -0.25) is 0 Å². The first kappa shape index (κ1) is 8.12. The van der Waals surface area contributed by atoms with Gasteiger partial charge in [-0.15, -0.1) is 11.6 Å². The van der Waals surface area contributed by atoms with Gasteiger partial charge in [0.25, 0.3) is 0 Å². The van der Waals surface area contributed by atoms with Gasteiger partial charge in [0, 0.05) is 0 Å². The van der Waals surface area contributed by atoms with Gasteiger partial charge in [-0.25, -0.2) is 0 Å². The zero-order chi connectivity index (χ0) is 8.55. The molecule has 1 heteroatoms. The number of fused-ring (bicyclic) bond motifs is 1. The molecule has 0 aromatic heterocycles. The summed E-state index contributed by atoms with van der Waals surface area (Å²) in [6.45, 7) is 2.03. The van der Waals surface area contributed by atoms with Gasteiger partial charge in [-0.2, -0.15) is 0 Å². The molecule has 1 unspecified atom stereocenters. The molecule has 0 bridgehead atoms. The van der Waals surface area contributed by atoms with Gasteiger partial charge in [0.2, 0.25) is 0 Å². The minimum Gasteiger partial charge on any atom is -0.118 e. The average Bonchev–Trinajstić information content (AvgIpc) is 2.49. The van der Waals surface area contributed by atoms with Crippen molar-refractivity contribution >= 4 is 11.6 Å². The van der Waals surface area contributed by atoms with Crippen molar-refractivity contribution in [2.24, 2.45) is 0 Å². The second-order valence-electron chi connectivity index (χ2n) is 3.50. The third kappa shape index (κ3) is 1.36. The van der Waals surface area contributed by atoms with Crippen LogP contribution in [0, 0.1) is 0 Å². The highest BCUT2D eigenvalue weighted by Crippen LogP contribution is 2.27. The van der Waals surface area contributed by atoms with Crippen molar-refractivity contribution < 1.29 is 0 Å². The first-order chi connectivity index (χ1) is 5.77. The Balaban J connectivity index is 2.39. The van der Waals surface area contributed by atoms with Crippen LogP contribution in [0.2, 0.25) is 0 Å². The predicted octanol–water partition coefficient (Wildman–Crippen LogP) is 3.48. The van der Waals surface area contributed by atoms with Crippen molar-refractivity contribution in [2.45, 2.75) is 31.6 Å². The lowest BCUT2D eigenvalue weighted by molar-refractivity contribution is 0.911. The summed E-state index contributed by atoms with van der Waals surface area (Å²) in [4.78, 5) is 0. The van der Waals surface area contributed by atoms with Gasteiger partial charge < -0.3 is 0 Å². The van der Waals surface area contributed by atoms with Crippen LogP contribution in [0.5, 0.6) is 0 Å². The molecule has 2 rings (SSSR count). The first-order valence-electron chi connectivity index (χ1n) is 4.53. The molecule has 1 aromatic rings. The fourth-order valence-corrected chi connectivity index (χ4v) is 1.97. The zero-order valence-electron chi connectivity index (χ0n) is 7.31. The Morgan fingerprint density at radius 2 is 2.00 bits per heavy atom. The van der Waals surface area contributed by atoms with E-state index in [4.69, 9.17) is 11.6 Å². The van der Waals surface area contributed by atoms with Crippen LogP contribution in [0.3, 0.4) is 0 Å². The van der Waals surface area contributed by atoms with E-state index in [-0.39, 0.29) is 5.38 Å². The van der Waals surface area contributed by atoms with Gasteiger partial charge in [-0.05, 0) is 42.9 Å². The molecule has 0 saturated heterocycles. The maximum atomic E-state index is 6.00. The quantitative estimate of drug-likeness (QED) is 0.581. The Hall–Kier alpha value is -0.490. The molecule has 1 aromatic carbocycles. The minimum absolute atomic E-state index is 0.149. The zero-order valence-corrected chi connectivity index (χ0v) is 8.06. The molecule has 1 aliphatic rings. The van der Waals surface area contributed by atoms with Crippen molar-refractivity contribution in [3.05, 3.63) is 34.9 Å². The van der Waals surface area contributed by atoms with E-state index in [0.29, 0.717) is 0 Å². The molecule has 0 spiro atoms. The topological polar surface area (TPSA) is 0 Å². The van der Waals surface area contributed by atoms with Crippen molar-refractivity contribution in [3.63, 3.8) is 0 Å². The largest absolute Gasteiger partial charge is 0.118 e. The number of aryl methyl sites for hydroxylation is 2. The highest BCUT2D eigenvalue weighted by atomic mass is 35.5. The Bertz CT molecular complexity index is 289. The number of benzene rings is 1. The van der Waals surface area contributed by atoms with E-state index >= 15 is 0 Å². The Kier molecular flexibility index (Phi) is 2.10. The molecule has 1 aliphatic carbocycles. The summed E-state index contributed by atoms with van der Waals surface area (Å²) >= 11 is 6.00. The van der Waals surface area contributed by atoms with Crippen LogP contribution >= 0.6 is 11.6 Å². The number of halogens is 1. The molecule has 0 saturated carbocycles. The fraction of sp³-hybridized carbons (Fsp3) is 0.455. The summed E-state index contributed by atoms with van der Waals surface area (Å²) in [5.74, 6) is 0. The molecule has 0 amide bonds. The van der Waals surface area contributed by atoms with E-state index in [1.165, 1.54) is 36.0 Å². The molecule has 0 fully saturated rings. The normalized spacial score (nSPS) is 17.5. The van der Waals surface area contributed by atoms with E-state index in [0.717, 1.165) is 0 Å². The maximum Gasteiger partial charge on any atom is 0.0557 e. The lowest BCUT2D eigenvalue weighted by atomic mass is 10.1. The molecule has 0 nitrogen and oxygen atoms in total. The van der Waals surface area contributed by atoms with Crippen LogP contribution in [0.15, 0.2) is 18.2 Å². The Labute approximate surface area is 78.6 Å². The monoisotopic (exact) mass is 180 g/mol. The van der Waals surface area contributed by atoms with Crippen LogP contribution in [0.1, 0.15) is 35.4 Å². The third-order valence-electron chi connectivity index (χ3n) is 2.58. The lowest BCUT2D eigenvalue weighted by Gasteiger charge is -2.05. The molecule has 12 heavy (non-hydrogen) atoms. The molecule has 0 aliphatic heterocycles. The van der Waals surface area contributed by atoms with Crippen molar-refractivity contribution in [1.82, 2.24) is 0 Å². The fourth-order valence-electron chi connectivity index (χ4n) is 1.84. The Morgan fingerprint density at radius 1 is 1.25 bits per heavy atom. The first-order valence-corrected chi connectivity index (χ1v) is 4.97. The summed E-state index contributed by atoms with van der Waals surface area (Å²) in [5.41, 5.74) is 4.30. The third-order valence-corrected chi connectivity index (χ3v) is 2.83.